The molecule has 3 aromatic heterocycles. The minimum atomic E-state index is -0.421. The summed E-state index contributed by atoms with van der Waals surface area (Å²) in [6.45, 7) is 1.02. The van der Waals surface area contributed by atoms with Gasteiger partial charge >= 0.3 is 0 Å². The van der Waals surface area contributed by atoms with Crippen molar-refractivity contribution in [3.8, 4) is 23.0 Å². The van der Waals surface area contributed by atoms with Crippen LogP contribution in [0.3, 0.4) is 0 Å². The highest BCUT2D eigenvalue weighted by atomic mass is 32.1. The molecule has 0 atom stereocenters. The lowest BCUT2D eigenvalue weighted by molar-refractivity contribution is 0.0734. The minimum absolute atomic E-state index is 0.00993. The van der Waals surface area contributed by atoms with Crippen molar-refractivity contribution >= 4 is 17.2 Å². The first-order valence-corrected chi connectivity index (χ1v) is 10.0. The van der Waals surface area contributed by atoms with Crippen LogP contribution in [0.4, 0.5) is 4.39 Å². The molecule has 0 fully saturated rings. The third kappa shape index (κ3) is 3.03. The highest BCUT2D eigenvalue weighted by Crippen LogP contribution is 2.31. The van der Waals surface area contributed by atoms with Crippen molar-refractivity contribution in [1.82, 2.24) is 24.8 Å². The van der Waals surface area contributed by atoms with E-state index in [1.54, 1.807) is 27.8 Å². The normalized spacial score (nSPS) is 13.5. The van der Waals surface area contributed by atoms with Crippen molar-refractivity contribution in [3.63, 3.8) is 0 Å². The van der Waals surface area contributed by atoms with Crippen LogP contribution in [0.15, 0.2) is 45.6 Å². The fraction of sp³-hybridized carbons (Fsp3) is 0.200. The number of amides is 1. The van der Waals surface area contributed by atoms with Gasteiger partial charge in [0.1, 0.15) is 5.82 Å². The van der Waals surface area contributed by atoms with E-state index in [9.17, 15) is 9.18 Å². The summed E-state index contributed by atoms with van der Waals surface area (Å²) in [7, 11) is 1.85. The molecule has 7 nitrogen and oxygen atoms in total. The number of hydrogen-bond donors (Lipinski definition) is 0. The molecule has 0 aliphatic carbocycles. The smallest absolute Gasteiger partial charge is 0.279 e. The van der Waals surface area contributed by atoms with Crippen LogP contribution in [0.1, 0.15) is 21.6 Å². The van der Waals surface area contributed by atoms with Gasteiger partial charge in [0.15, 0.2) is 5.69 Å². The number of thiophene rings is 1. The Labute approximate surface area is 169 Å². The van der Waals surface area contributed by atoms with Crippen LogP contribution in [-0.4, -0.2) is 37.3 Å². The lowest BCUT2D eigenvalue weighted by Crippen LogP contribution is -2.36. The van der Waals surface area contributed by atoms with Gasteiger partial charge in [0, 0.05) is 36.7 Å². The second-order valence-corrected chi connectivity index (χ2v) is 7.57. The van der Waals surface area contributed by atoms with E-state index in [0.717, 1.165) is 11.3 Å². The minimum Gasteiger partial charge on any atom is -0.334 e. The van der Waals surface area contributed by atoms with E-state index in [0.29, 0.717) is 30.8 Å². The molecule has 0 spiro atoms. The molecule has 0 bridgehead atoms. The van der Waals surface area contributed by atoms with Gasteiger partial charge in [-0.2, -0.15) is 21.4 Å². The Morgan fingerprint density at radius 2 is 2.14 bits per heavy atom. The third-order valence-electron chi connectivity index (χ3n) is 5.04. The molecule has 4 aromatic rings. The van der Waals surface area contributed by atoms with Gasteiger partial charge in [0.25, 0.3) is 11.8 Å². The summed E-state index contributed by atoms with van der Waals surface area (Å²) in [6, 6.07) is 8.09. The van der Waals surface area contributed by atoms with Gasteiger partial charge in [-0.15, -0.1) is 0 Å². The number of carbonyl (C=O) groups is 1. The Bertz CT molecular complexity index is 1200. The summed E-state index contributed by atoms with van der Waals surface area (Å²) in [4.78, 5) is 18.9. The molecule has 1 aromatic carbocycles. The van der Waals surface area contributed by atoms with Gasteiger partial charge in [-0.1, -0.05) is 17.3 Å². The first kappa shape index (κ1) is 17.7. The number of aryl methyl sites for hydroxylation is 1. The molecule has 9 heteroatoms. The molecule has 1 amide bonds. The summed E-state index contributed by atoms with van der Waals surface area (Å²) < 4.78 is 21.2. The van der Waals surface area contributed by atoms with Crippen molar-refractivity contribution < 1.29 is 13.7 Å². The zero-order chi connectivity index (χ0) is 20.0. The SMILES string of the molecule is Cn1nc(-c2nc(-c3ccccc3F)no2)c2c1CCN(C(=O)c1ccsc1)C2. The number of nitrogens with zero attached hydrogens (tertiary/aromatic N) is 5. The largest absolute Gasteiger partial charge is 0.334 e. The van der Waals surface area contributed by atoms with E-state index in [-0.39, 0.29) is 23.2 Å². The Balaban J connectivity index is 1.49. The molecule has 0 unspecified atom stereocenters. The molecule has 29 heavy (non-hydrogen) atoms. The Morgan fingerprint density at radius 3 is 2.93 bits per heavy atom. The van der Waals surface area contributed by atoms with Crippen LogP contribution in [-0.2, 0) is 20.0 Å². The van der Waals surface area contributed by atoms with Gasteiger partial charge in [-0.05, 0) is 23.6 Å². The molecule has 1 aliphatic heterocycles. The van der Waals surface area contributed by atoms with Gasteiger partial charge in [-0.25, -0.2) is 4.39 Å². The average Bonchev–Trinajstić information content (AvgIpc) is 3.48. The zero-order valence-electron chi connectivity index (χ0n) is 15.5. The van der Waals surface area contributed by atoms with Crippen molar-refractivity contribution in [1.29, 1.82) is 0 Å². The highest BCUT2D eigenvalue weighted by molar-refractivity contribution is 7.08. The first-order chi connectivity index (χ1) is 14.1. The molecule has 5 rings (SSSR count). The Hall–Kier alpha value is -3.33. The lowest BCUT2D eigenvalue weighted by atomic mass is 10.0. The zero-order valence-corrected chi connectivity index (χ0v) is 16.3. The fourth-order valence-electron chi connectivity index (χ4n) is 3.58. The molecule has 0 N–H and O–H groups in total. The number of halogens is 1. The maximum atomic E-state index is 14.1. The van der Waals surface area contributed by atoms with E-state index in [4.69, 9.17) is 4.52 Å². The number of fused-ring (bicyclic) bond motifs is 1. The predicted molar refractivity (Wildman–Crippen MR) is 105 cm³/mol. The maximum Gasteiger partial charge on any atom is 0.279 e. The van der Waals surface area contributed by atoms with E-state index in [1.807, 2.05) is 23.9 Å². The van der Waals surface area contributed by atoms with Crippen molar-refractivity contribution in [2.45, 2.75) is 13.0 Å². The Kier molecular flexibility index (Phi) is 4.24. The maximum absolute atomic E-state index is 14.1. The van der Waals surface area contributed by atoms with Gasteiger partial charge in [0.05, 0.1) is 17.7 Å². The van der Waals surface area contributed by atoms with Crippen molar-refractivity contribution in [3.05, 3.63) is 63.7 Å². The number of aromatic nitrogens is 4. The van der Waals surface area contributed by atoms with Crippen LogP contribution < -0.4 is 0 Å². The number of hydrogen-bond acceptors (Lipinski definition) is 6. The molecule has 4 heterocycles. The molecule has 0 saturated carbocycles. The van der Waals surface area contributed by atoms with Crippen LogP contribution in [0.2, 0.25) is 0 Å². The monoisotopic (exact) mass is 409 g/mol. The summed E-state index contributed by atoms with van der Waals surface area (Å²) in [5.74, 6) is -0.0517. The average molecular weight is 409 g/mol. The Morgan fingerprint density at radius 1 is 1.28 bits per heavy atom. The molecule has 1 aliphatic rings. The summed E-state index contributed by atoms with van der Waals surface area (Å²) in [5.41, 5.74) is 3.39. The number of rotatable bonds is 3. The summed E-state index contributed by atoms with van der Waals surface area (Å²) in [6.07, 6.45) is 0.684. The van der Waals surface area contributed by atoms with Crippen LogP contribution in [0, 0.1) is 5.82 Å². The molecule has 0 saturated heterocycles. The predicted octanol–water partition coefficient (Wildman–Crippen LogP) is 3.54. The molecular formula is C20H16FN5O2S. The van der Waals surface area contributed by atoms with Crippen molar-refractivity contribution in [2.24, 2.45) is 7.05 Å². The first-order valence-electron chi connectivity index (χ1n) is 9.07. The van der Waals surface area contributed by atoms with Gasteiger partial charge < -0.3 is 9.42 Å². The van der Waals surface area contributed by atoms with Crippen LogP contribution >= 0.6 is 11.3 Å². The quantitative estimate of drug-likeness (QED) is 0.517. The summed E-state index contributed by atoms with van der Waals surface area (Å²) in [5, 5.41) is 12.2. The van der Waals surface area contributed by atoms with E-state index < -0.39 is 5.82 Å². The topological polar surface area (TPSA) is 77.1 Å². The van der Waals surface area contributed by atoms with Crippen LogP contribution in [0.25, 0.3) is 23.0 Å². The van der Waals surface area contributed by atoms with E-state index >= 15 is 0 Å². The van der Waals surface area contributed by atoms with E-state index in [1.165, 1.54) is 17.4 Å². The lowest BCUT2D eigenvalue weighted by Gasteiger charge is -2.27. The van der Waals surface area contributed by atoms with Gasteiger partial charge in [0.2, 0.25) is 5.82 Å². The fourth-order valence-corrected chi connectivity index (χ4v) is 4.21. The second-order valence-electron chi connectivity index (χ2n) is 6.79. The number of benzene rings is 1. The number of carbonyl (C=O) groups excluding carboxylic acids is 1. The summed E-state index contributed by atoms with van der Waals surface area (Å²) >= 11 is 1.50. The molecular weight excluding hydrogens is 393 g/mol. The third-order valence-corrected chi connectivity index (χ3v) is 5.72. The van der Waals surface area contributed by atoms with E-state index in [2.05, 4.69) is 15.2 Å². The molecule has 0 radical (unpaired) electrons. The standard InChI is InChI=1S/C20H16FN5O2S/c1-25-16-6-8-26(20(27)12-7-9-29-11-12)10-14(16)17(23-25)19-22-18(24-28-19)13-4-2-3-5-15(13)21/h2-5,7,9,11H,6,8,10H2,1H3. The highest BCUT2D eigenvalue weighted by Gasteiger charge is 2.30. The molecule has 146 valence electrons. The second kappa shape index (κ2) is 6.93. The van der Waals surface area contributed by atoms with Crippen molar-refractivity contribution in [2.75, 3.05) is 6.54 Å². The van der Waals surface area contributed by atoms with Crippen LogP contribution in [0.5, 0.6) is 0 Å². The van der Waals surface area contributed by atoms with Gasteiger partial charge in [-0.3, -0.25) is 9.48 Å².